The van der Waals surface area contributed by atoms with E-state index in [4.69, 9.17) is 0 Å². The van der Waals surface area contributed by atoms with Crippen molar-refractivity contribution in [3.8, 4) is 0 Å². The molecule has 0 heterocycles. The van der Waals surface area contributed by atoms with Gasteiger partial charge in [0, 0.05) is 12.7 Å². The Morgan fingerprint density at radius 1 is 1.38 bits per heavy atom. The van der Waals surface area contributed by atoms with Gasteiger partial charge in [-0.2, -0.15) is 0 Å². The van der Waals surface area contributed by atoms with Crippen LogP contribution < -0.4 is 4.90 Å². The number of para-hydroxylation sites is 1. The van der Waals surface area contributed by atoms with Crippen molar-refractivity contribution in [1.29, 1.82) is 0 Å². The Kier molecular flexibility index (Phi) is 4.35. The van der Waals surface area contributed by atoms with Crippen LogP contribution in [0, 0.1) is 0 Å². The summed E-state index contributed by atoms with van der Waals surface area (Å²) in [5.74, 6) is 0.220. The minimum atomic E-state index is -0.221. The maximum absolute atomic E-state index is 11.2. The number of benzene rings is 1. The van der Waals surface area contributed by atoms with E-state index < -0.39 is 0 Å². The number of nitrogens with zero attached hydrogens (tertiary/aromatic N) is 1. The quantitative estimate of drug-likeness (QED) is 0.731. The first kappa shape index (κ1) is 12.6. The third-order valence-electron chi connectivity index (χ3n) is 2.56. The summed E-state index contributed by atoms with van der Waals surface area (Å²) < 4.78 is 4.66. The van der Waals surface area contributed by atoms with Gasteiger partial charge < -0.3 is 9.64 Å². The van der Waals surface area contributed by atoms with E-state index in [0.29, 0.717) is 5.92 Å². The summed E-state index contributed by atoms with van der Waals surface area (Å²) in [6.45, 7) is 4.57. The average molecular weight is 221 g/mol. The van der Waals surface area contributed by atoms with Crippen LogP contribution in [0.3, 0.4) is 0 Å². The molecular formula is C13H19NO2. The molecule has 1 aromatic carbocycles. The van der Waals surface area contributed by atoms with Crippen molar-refractivity contribution in [1.82, 2.24) is 0 Å². The van der Waals surface area contributed by atoms with Crippen molar-refractivity contribution in [2.45, 2.75) is 19.8 Å². The molecule has 16 heavy (non-hydrogen) atoms. The van der Waals surface area contributed by atoms with Crippen LogP contribution in [0.25, 0.3) is 0 Å². The third kappa shape index (κ3) is 2.99. The second kappa shape index (κ2) is 5.54. The first-order valence-electron chi connectivity index (χ1n) is 5.43. The lowest BCUT2D eigenvalue weighted by molar-refractivity contribution is -0.138. The number of anilines is 1. The molecule has 0 aliphatic rings. The van der Waals surface area contributed by atoms with Gasteiger partial charge in [0.1, 0.15) is 6.54 Å². The molecule has 0 bridgehead atoms. The molecule has 0 unspecified atom stereocenters. The number of carbonyl (C=O) groups is 1. The summed E-state index contributed by atoms with van der Waals surface area (Å²) in [5, 5.41) is 0. The molecule has 3 heteroatoms. The summed E-state index contributed by atoms with van der Waals surface area (Å²) >= 11 is 0. The predicted molar refractivity (Wildman–Crippen MR) is 65.8 cm³/mol. The molecule has 0 saturated heterocycles. The standard InChI is InChI=1S/C13H19NO2/c1-10(2)11-7-5-6-8-12(11)14(3)9-13(15)16-4/h5-8,10H,9H2,1-4H3. The molecule has 0 atom stereocenters. The highest BCUT2D eigenvalue weighted by Crippen LogP contribution is 2.26. The lowest BCUT2D eigenvalue weighted by Gasteiger charge is -2.22. The zero-order valence-electron chi connectivity index (χ0n) is 10.4. The largest absolute Gasteiger partial charge is 0.468 e. The highest BCUT2D eigenvalue weighted by Gasteiger charge is 2.12. The van der Waals surface area contributed by atoms with E-state index in [-0.39, 0.29) is 12.5 Å². The van der Waals surface area contributed by atoms with Crippen LogP contribution in [0.1, 0.15) is 25.3 Å². The second-order valence-corrected chi connectivity index (χ2v) is 4.15. The number of rotatable bonds is 4. The Hall–Kier alpha value is -1.51. The minimum Gasteiger partial charge on any atom is -0.468 e. The fourth-order valence-electron chi connectivity index (χ4n) is 1.67. The van der Waals surface area contributed by atoms with Crippen LogP contribution in [0.5, 0.6) is 0 Å². The van der Waals surface area contributed by atoms with Crippen LogP contribution in [-0.4, -0.2) is 26.7 Å². The Morgan fingerprint density at radius 3 is 2.56 bits per heavy atom. The van der Waals surface area contributed by atoms with E-state index in [1.807, 2.05) is 30.1 Å². The van der Waals surface area contributed by atoms with Crippen molar-refractivity contribution in [2.75, 3.05) is 25.6 Å². The molecule has 0 fully saturated rings. The molecule has 1 aromatic rings. The second-order valence-electron chi connectivity index (χ2n) is 4.15. The molecule has 88 valence electrons. The zero-order valence-corrected chi connectivity index (χ0v) is 10.4. The normalized spacial score (nSPS) is 10.3. The van der Waals surface area contributed by atoms with Crippen molar-refractivity contribution in [3.05, 3.63) is 29.8 Å². The molecule has 3 nitrogen and oxygen atoms in total. The van der Waals surface area contributed by atoms with Crippen molar-refractivity contribution < 1.29 is 9.53 Å². The Morgan fingerprint density at radius 2 is 2.00 bits per heavy atom. The molecule has 0 aliphatic carbocycles. The van der Waals surface area contributed by atoms with Crippen LogP contribution in [0.4, 0.5) is 5.69 Å². The van der Waals surface area contributed by atoms with Gasteiger partial charge in [0.2, 0.25) is 0 Å². The van der Waals surface area contributed by atoms with Crippen LogP contribution in [0.15, 0.2) is 24.3 Å². The number of ether oxygens (including phenoxy) is 1. The van der Waals surface area contributed by atoms with E-state index in [0.717, 1.165) is 5.69 Å². The molecule has 0 radical (unpaired) electrons. The summed E-state index contributed by atoms with van der Waals surface area (Å²) in [4.78, 5) is 13.1. The number of methoxy groups -OCH3 is 1. The number of esters is 1. The summed E-state index contributed by atoms with van der Waals surface area (Å²) in [6, 6.07) is 8.12. The van der Waals surface area contributed by atoms with Crippen LogP contribution in [0.2, 0.25) is 0 Å². The number of hydrogen-bond acceptors (Lipinski definition) is 3. The van der Waals surface area contributed by atoms with Gasteiger partial charge in [-0.3, -0.25) is 4.79 Å². The van der Waals surface area contributed by atoms with Gasteiger partial charge >= 0.3 is 5.97 Å². The lowest BCUT2D eigenvalue weighted by Crippen LogP contribution is -2.27. The van der Waals surface area contributed by atoms with Crippen molar-refractivity contribution in [3.63, 3.8) is 0 Å². The predicted octanol–water partition coefficient (Wildman–Crippen LogP) is 2.42. The van der Waals surface area contributed by atoms with Gasteiger partial charge in [0.25, 0.3) is 0 Å². The Bertz CT molecular complexity index is 361. The van der Waals surface area contributed by atoms with Gasteiger partial charge in [-0.05, 0) is 17.5 Å². The fraction of sp³-hybridized carbons (Fsp3) is 0.462. The smallest absolute Gasteiger partial charge is 0.325 e. The highest BCUT2D eigenvalue weighted by atomic mass is 16.5. The van der Waals surface area contributed by atoms with Gasteiger partial charge in [0.15, 0.2) is 0 Å². The maximum Gasteiger partial charge on any atom is 0.325 e. The van der Waals surface area contributed by atoms with Crippen LogP contribution >= 0.6 is 0 Å². The summed E-state index contributed by atoms with van der Waals surface area (Å²) in [7, 11) is 3.31. The van der Waals surface area contributed by atoms with Gasteiger partial charge in [-0.1, -0.05) is 32.0 Å². The molecule has 1 rings (SSSR count). The highest BCUT2D eigenvalue weighted by molar-refractivity contribution is 5.76. The maximum atomic E-state index is 11.2. The molecule has 0 aromatic heterocycles. The molecule has 0 aliphatic heterocycles. The lowest BCUT2D eigenvalue weighted by atomic mass is 10.0. The number of carbonyl (C=O) groups excluding carboxylic acids is 1. The Labute approximate surface area is 97.0 Å². The van der Waals surface area contributed by atoms with Crippen molar-refractivity contribution in [2.24, 2.45) is 0 Å². The first-order valence-corrected chi connectivity index (χ1v) is 5.43. The van der Waals surface area contributed by atoms with E-state index in [2.05, 4.69) is 24.7 Å². The fourth-order valence-corrected chi connectivity index (χ4v) is 1.67. The van der Waals surface area contributed by atoms with Crippen molar-refractivity contribution >= 4 is 11.7 Å². The molecule has 0 amide bonds. The van der Waals surface area contributed by atoms with E-state index in [9.17, 15) is 4.79 Å². The number of hydrogen-bond donors (Lipinski definition) is 0. The zero-order chi connectivity index (χ0) is 12.1. The number of likely N-dealkylation sites (N-methyl/N-ethyl adjacent to an activating group) is 1. The minimum absolute atomic E-state index is 0.221. The Balaban J connectivity index is 2.90. The van der Waals surface area contributed by atoms with Gasteiger partial charge in [-0.25, -0.2) is 0 Å². The molecule has 0 spiro atoms. The van der Waals surface area contributed by atoms with Gasteiger partial charge in [-0.15, -0.1) is 0 Å². The van der Waals surface area contributed by atoms with E-state index >= 15 is 0 Å². The monoisotopic (exact) mass is 221 g/mol. The van der Waals surface area contributed by atoms with E-state index in [1.165, 1.54) is 12.7 Å². The first-order chi connectivity index (χ1) is 7.56. The molecular weight excluding hydrogens is 202 g/mol. The summed E-state index contributed by atoms with van der Waals surface area (Å²) in [6.07, 6.45) is 0. The third-order valence-corrected chi connectivity index (χ3v) is 2.56. The summed E-state index contributed by atoms with van der Waals surface area (Å²) in [5.41, 5.74) is 2.33. The average Bonchev–Trinajstić information content (AvgIpc) is 2.28. The topological polar surface area (TPSA) is 29.5 Å². The van der Waals surface area contributed by atoms with E-state index in [1.54, 1.807) is 0 Å². The SMILES string of the molecule is COC(=O)CN(C)c1ccccc1C(C)C. The van der Waals surface area contributed by atoms with Gasteiger partial charge in [0.05, 0.1) is 7.11 Å². The molecule has 0 saturated carbocycles. The molecule has 0 N–H and O–H groups in total. The van der Waals surface area contributed by atoms with Crippen LogP contribution in [-0.2, 0) is 9.53 Å².